The number of phosphoric ester groups is 1. The van der Waals surface area contributed by atoms with E-state index in [2.05, 4.69) is 42.2 Å². The molecule has 2 aliphatic heterocycles. The summed E-state index contributed by atoms with van der Waals surface area (Å²) < 4.78 is 73.2. The average molecular weight is 688 g/mol. The number of thiol groups is 1. The normalized spacial score (nSPS) is 41.7. The van der Waals surface area contributed by atoms with Crippen LogP contribution in [0.3, 0.4) is 0 Å². The van der Waals surface area contributed by atoms with Gasteiger partial charge < -0.3 is 30.0 Å². The molecule has 0 bridgehead atoms. The number of hydrogen-bond acceptors (Lipinski definition) is 15. The number of hydrogen-bond donors (Lipinski definition) is 5. The lowest BCUT2D eigenvalue weighted by molar-refractivity contribution is -0.0565. The highest BCUT2D eigenvalue weighted by Crippen LogP contribution is 2.73. The number of ether oxygens (including phenoxy) is 1. The first kappa shape index (κ1) is 29.6. The fraction of sp³-hybridized carbons (Fsp3) is 0.545. The summed E-state index contributed by atoms with van der Waals surface area (Å²) in [5, 5.41) is 11.5. The number of halogens is 1. The number of nitrogen functional groups attached to an aromatic ring is 1. The van der Waals surface area contributed by atoms with Gasteiger partial charge in [-0.3, -0.25) is 27.5 Å². The summed E-state index contributed by atoms with van der Waals surface area (Å²) in [4.78, 5) is 45.6. The number of nitrogens with zero attached hydrogens (tertiary/aromatic N) is 7. The minimum absolute atomic E-state index is 0.0219. The van der Waals surface area contributed by atoms with Gasteiger partial charge in [0.25, 0.3) is 5.56 Å². The van der Waals surface area contributed by atoms with E-state index < -0.39 is 87.6 Å². The van der Waals surface area contributed by atoms with Gasteiger partial charge in [-0.05, 0) is 12.3 Å². The number of aliphatic hydroxyl groups excluding tert-OH is 1. The molecule has 240 valence electrons. The Kier molecular flexibility index (Phi) is 6.62. The van der Waals surface area contributed by atoms with Crippen LogP contribution in [0.5, 0.6) is 0 Å². The summed E-state index contributed by atoms with van der Waals surface area (Å²) >= 11 is 4.11. The van der Waals surface area contributed by atoms with E-state index in [1.54, 1.807) is 4.57 Å². The van der Waals surface area contributed by atoms with Crippen LogP contribution >= 0.6 is 26.9 Å². The highest BCUT2D eigenvalue weighted by atomic mass is 32.7. The van der Waals surface area contributed by atoms with Gasteiger partial charge >= 0.3 is 14.6 Å². The summed E-state index contributed by atoms with van der Waals surface area (Å²) in [6.45, 7) is -5.48. The summed E-state index contributed by atoms with van der Waals surface area (Å²) in [7, 11) is -5.00. The van der Waals surface area contributed by atoms with E-state index in [0.29, 0.717) is 17.6 Å². The van der Waals surface area contributed by atoms with Gasteiger partial charge in [0.2, 0.25) is 0 Å². The zero-order valence-electron chi connectivity index (χ0n) is 22.6. The molecule has 5 N–H and O–H groups in total. The quantitative estimate of drug-likeness (QED) is 0.143. The van der Waals surface area contributed by atoms with Crippen LogP contribution in [0.4, 0.5) is 10.2 Å². The van der Waals surface area contributed by atoms with Crippen LogP contribution in [0.2, 0.25) is 0 Å². The van der Waals surface area contributed by atoms with E-state index in [0.717, 1.165) is 17.2 Å². The molecule has 4 fully saturated rings. The summed E-state index contributed by atoms with van der Waals surface area (Å²) in [5.41, 5.74) is 4.71. The molecule has 2 aliphatic carbocycles. The van der Waals surface area contributed by atoms with Crippen LogP contribution in [0.1, 0.15) is 18.7 Å². The molecule has 11 atom stereocenters. The lowest BCUT2D eigenvalue weighted by atomic mass is 10.0. The Morgan fingerprint density at radius 1 is 1.09 bits per heavy atom. The van der Waals surface area contributed by atoms with Crippen molar-refractivity contribution < 1.29 is 46.4 Å². The topological polar surface area (TPSA) is 254 Å². The molecule has 45 heavy (non-hydrogen) atoms. The van der Waals surface area contributed by atoms with Crippen LogP contribution in [0.25, 0.3) is 22.3 Å². The van der Waals surface area contributed by atoms with Gasteiger partial charge in [0.15, 0.2) is 35.0 Å². The first-order valence-electron chi connectivity index (χ1n) is 13.5. The molecule has 19 nitrogen and oxygen atoms in total. The van der Waals surface area contributed by atoms with Crippen LogP contribution in [-0.4, -0.2) is 92.8 Å². The lowest BCUT2D eigenvalue weighted by Crippen LogP contribution is -2.39. The Morgan fingerprint density at radius 3 is 2.67 bits per heavy atom. The van der Waals surface area contributed by atoms with Gasteiger partial charge in [-0.25, -0.2) is 38.4 Å². The third-order valence-electron chi connectivity index (χ3n) is 8.83. The second-order valence-corrected chi connectivity index (χ2v) is 15.6. The van der Waals surface area contributed by atoms with Crippen molar-refractivity contribution in [3.05, 3.63) is 35.7 Å². The Bertz CT molecular complexity index is 2000. The maximum absolute atomic E-state index is 16.0. The van der Waals surface area contributed by atoms with Crippen molar-refractivity contribution in [2.45, 2.75) is 49.3 Å². The molecule has 4 aliphatic rings. The largest absolute Gasteiger partial charge is 0.472 e. The van der Waals surface area contributed by atoms with Crippen molar-refractivity contribution >= 4 is 55.0 Å². The van der Waals surface area contributed by atoms with Gasteiger partial charge in [0.05, 0.1) is 38.2 Å². The third-order valence-corrected chi connectivity index (χ3v) is 11.4. The molecular formula is C22H24FN9O10P2S. The Morgan fingerprint density at radius 2 is 1.84 bits per heavy atom. The molecule has 23 heteroatoms. The fourth-order valence-corrected chi connectivity index (χ4v) is 9.26. The predicted molar refractivity (Wildman–Crippen MR) is 150 cm³/mol. The highest BCUT2D eigenvalue weighted by Gasteiger charge is 2.74. The maximum atomic E-state index is 16.0. The van der Waals surface area contributed by atoms with Crippen LogP contribution in [0, 0.1) is 11.3 Å². The monoisotopic (exact) mass is 687 g/mol. The minimum Gasteiger partial charge on any atom is -0.388 e. The number of H-pyrrole nitrogens is 1. The van der Waals surface area contributed by atoms with Crippen molar-refractivity contribution in [1.29, 1.82) is 0 Å². The van der Waals surface area contributed by atoms with E-state index in [-0.39, 0.29) is 17.0 Å². The molecule has 1 spiro atoms. The number of nitrogens with two attached hydrogens (primary N) is 1. The third kappa shape index (κ3) is 4.60. The number of anilines is 1. The molecule has 4 aromatic heterocycles. The number of aromatic nitrogens is 8. The van der Waals surface area contributed by atoms with E-state index >= 15 is 4.39 Å². The van der Waals surface area contributed by atoms with Crippen molar-refractivity contribution in [1.82, 2.24) is 39.0 Å². The number of nitrogens with one attached hydrogen (secondary N) is 1. The smallest absolute Gasteiger partial charge is 0.388 e. The number of imidazole rings is 2. The van der Waals surface area contributed by atoms with Crippen LogP contribution in [0.15, 0.2) is 30.1 Å². The second-order valence-electron chi connectivity index (χ2n) is 11.3. The zero-order chi connectivity index (χ0) is 31.5. The van der Waals surface area contributed by atoms with Crippen molar-refractivity contribution in [3.63, 3.8) is 0 Å². The highest BCUT2D eigenvalue weighted by molar-refractivity contribution is 8.44. The molecule has 2 saturated heterocycles. The Labute approximate surface area is 255 Å². The van der Waals surface area contributed by atoms with Gasteiger partial charge in [-0.1, -0.05) is 12.2 Å². The number of aromatic amines is 1. The summed E-state index contributed by atoms with van der Waals surface area (Å²) in [5.74, 6) is -0.310. The summed E-state index contributed by atoms with van der Waals surface area (Å²) in [6.07, 6.45) is -4.31. The predicted octanol–water partition coefficient (Wildman–Crippen LogP) is 0.655. The molecule has 2 unspecified atom stereocenters. The fourth-order valence-electron chi connectivity index (χ4n) is 6.71. The number of rotatable bonds is 2. The van der Waals surface area contributed by atoms with E-state index in [9.17, 15) is 23.9 Å². The molecule has 4 aromatic rings. The van der Waals surface area contributed by atoms with E-state index in [1.807, 2.05) is 0 Å². The first-order chi connectivity index (χ1) is 21.4. The minimum atomic E-state index is -5.00. The van der Waals surface area contributed by atoms with Crippen LogP contribution < -0.4 is 11.3 Å². The number of alkyl halides is 1. The van der Waals surface area contributed by atoms with Crippen molar-refractivity contribution in [2.75, 3.05) is 18.9 Å². The van der Waals surface area contributed by atoms with Crippen LogP contribution in [-0.2, 0) is 32.0 Å². The first-order valence-corrected chi connectivity index (χ1v) is 17.7. The molecule has 2 saturated carbocycles. The van der Waals surface area contributed by atoms with E-state index in [1.165, 1.54) is 12.7 Å². The van der Waals surface area contributed by atoms with Gasteiger partial charge in [0.1, 0.15) is 36.3 Å². The Hall–Kier alpha value is -2.84. The molecule has 6 heterocycles. The average Bonchev–Trinajstić information content (AvgIpc) is 3.27. The lowest BCUT2D eigenvalue weighted by Gasteiger charge is -2.32. The molecule has 8 rings (SSSR count). The molecular weight excluding hydrogens is 663 g/mol. The standard InChI is InChI=1S/C22H24FN9O10P2S/c23-10-15-9(40-21(10)32-7-30-12-19(32)27-5-28-20(12)34)2-38-44(37,45)42-16-14(33)13(8-1-22(8,16)3-39-43(35,36)41-15)31-6-29-11-17(24)25-4-26-18(11)31/h4-10,13-16,21,33H,1-3H2,(H,35,36)(H,37,45)(H2,24,25,26)(H,27,28,34)/t8-,9-,10-,13-,14+,15-,16+,21-,22?,44+/m1/s1. The van der Waals surface area contributed by atoms with E-state index in [4.69, 9.17) is 28.6 Å². The van der Waals surface area contributed by atoms with Crippen molar-refractivity contribution in [3.8, 4) is 0 Å². The zero-order valence-corrected chi connectivity index (χ0v) is 25.3. The number of phosphoric acid groups is 1. The maximum Gasteiger partial charge on any atom is 0.472 e. The molecule has 0 amide bonds. The summed E-state index contributed by atoms with van der Waals surface area (Å²) in [6, 6.07) is -0.750. The number of fused-ring (bicyclic) bond motifs is 3. The number of aliphatic hydroxyl groups is 1. The van der Waals surface area contributed by atoms with Gasteiger partial charge in [-0.15, -0.1) is 0 Å². The van der Waals surface area contributed by atoms with Crippen molar-refractivity contribution in [2.24, 2.45) is 11.3 Å². The molecule has 0 aromatic carbocycles. The molecule has 0 radical (unpaired) electrons. The Balaban J connectivity index is 1.11. The second kappa shape index (κ2) is 10.1. The SMILES string of the molecule is Nc1ncnc2c1ncn2[C@H]1[C@H](O)[C@@H]2O[P@@](=O)(S)OC[C@H]3O[C@@H](n4cnc5c(=O)[nH]cnc54)[C@H](F)[C@@H]3OP(=O)(O)OCC23C[C@H]13. The van der Waals surface area contributed by atoms with Gasteiger partial charge in [-0.2, -0.15) is 0 Å². The van der Waals surface area contributed by atoms with Gasteiger partial charge in [0, 0.05) is 5.41 Å².